The minimum Gasteiger partial charge on any atom is -0.510 e. The SMILES string of the molecule is C=CC1=C(C)C2=Cc3[nH]c(c(CCC(=O)O)c3C)C=C3N=C(C(C)=C3CCC(=O)O)C(=C(O)[C@@H](N)CCC(N)=O)C3=NC(=C(C(=O)[C@@H](N)CCC(N)=O)C1=N2)C(C)=C3C=C. The molecule has 0 aliphatic carbocycles. The van der Waals surface area contributed by atoms with Crippen LogP contribution in [0.3, 0.4) is 0 Å². The van der Waals surface area contributed by atoms with Crippen molar-refractivity contribution >= 4 is 58.8 Å². The Balaban J connectivity index is 2.00. The number of aliphatic hydroxyl groups is 1. The van der Waals surface area contributed by atoms with E-state index < -0.39 is 47.4 Å². The summed E-state index contributed by atoms with van der Waals surface area (Å²) in [4.78, 5) is 80.6. The number of aromatic nitrogens is 1. The number of fused-ring (bicyclic) bond motifs is 5. The van der Waals surface area contributed by atoms with Crippen LogP contribution < -0.4 is 22.9 Å². The molecule has 1 aromatic heterocycles. The van der Waals surface area contributed by atoms with E-state index in [-0.39, 0.29) is 85.3 Å². The Bertz CT molecular complexity index is 2480. The Morgan fingerprint density at radius 1 is 0.700 bits per heavy atom. The predicted molar refractivity (Wildman–Crippen MR) is 230 cm³/mol. The molecule has 0 aromatic carbocycles. The van der Waals surface area contributed by atoms with Crippen molar-refractivity contribution in [2.75, 3.05) is 0 Å². The van der Waals surface area contributed by atoms with Gasteiger partial charge in [-0.05, 0) is 98.9 Å². The summed E-state index contributed by atoms with van der Waals surface area (Å²) in [6.07, 6.45) is 5.75. The quantitative estimate of drug-likeness (QED) is 0.102. The van der Waals surface area contributed by atoms with E-state index in [1.54, 1.807) is 32.1 Å². The molecule has 0 spiro atoms. The Kier molecular flexibility index (Phi) is 13.3. The average Bonchev–Trinajstić information content (AvgIpc) is 3.87. The topological polar surface area (TPSA) is 303 Å². The minimum atomic E-state index is -1.23. The first-order chi connectivity index (χ1) is 28.3. The van der Waals surface area contributed by atoms with Crippen LogP contribution in [0, 0.1) is 6.92 Å². The fraction of sp³-hybridized carbons (Fsp3) is 0.318. The average molecular weight is 819 g/mol. The number of carboxylic acids is 2. The van der Waals surface area contributed by atoms with E-state index in [0.29, 0.717) is 67.3 Å². The zero-order valence-electron chi connectivity index (χ0n) is 34.1. The van der Waals surface area contributed by atoms with E-state index in [1.165, 1.54) is 6.08 Å². The summed E-state index contributed by atoms with van der Waals surface area (Å²) in [5, 5.41) is 31.6. The van der Waals surface area contributed by atoms with Crippen LogP contribution in [0.1, 0.15) is 88.2 Å². The number of carbonyl (C=O) groups is 5. The number of carboxylic acid groups (broad SMARTS) is 2. The lowest BCUT2D eigenvalue weighted by Crippen LogP contribution is -2.35. The van der Waals surface area contributed by atoms with E-state index in [2.05, 4.69) is 18.1 Å². The number of nitrogens with one attached hydrogen (secondary N) is 1. The smallest absolute Gasteiger partial charge is 0.303 e. The van der Waals surface area contributed by atoms with Crippen molar-refractivity contribution in [1.29, 1.82) is 0 Å². The van der Waals surface area contributed by atoms with Gasteiger partial charge in [0.25, 0.3) is 0 Å². The molecule has 8 bridgehead atoms. The first-order valence-electron chi connectivity index (χ1n) is 19.3. The van der Waals surface area contributed by atoms with Crippen molar-refractivity contribution in [3.8, 4) is 0 Å². The van der Waals surface area contributed by atoms with Crippen molar-refractivity contribution in [2.24, 2.45) is 37.9 Å². The lowest BCUT2D eigenvalue weighted by Gasteiger charge is -2.18. The molecule has 0 saturated carbocycles. The highest BCUT2D eigenvalue weighted by Gasteiger charge is 2.38. The van der Waals surface area contributed by atoms with Crippen LogP contribution in [0.25, 0.3) is 12.2 Å². The van der Waals surface area contributed by atoms with Gasteiger partial charge in [0.2, 0.25) is 11.8 Å². The maximum atomic E-state index is 14.7. The molecule has 1 aromatic rings. The number of aliphatic carboxylic acids is 2. The zero-order valence-corrected chi connectivity index (χ0v) is 34.1. The monoisotopic (exact) mass is 818 g/mol. The predicted octanol–water partition coefficient (Wildman–Crippen LogP) is 4.41. The fourth-order valence-electron chi connectivity index (χ4n) is 7.63. The normalized spacial score (nSPS) is 18.1. The number of nitrogens with zero attached hydrogens (tertiary/aromatic N) is 3. The molecule has 0 unspecified atom stereocenters. The second-order valence-corrected chi connectivity index (χ2v) is 14.9. The highest BCUT2D eigenvalue weighted by molar-refractivity contribution is 6.39. The number of Topliss-reactive ketones (excluding diaryl/α,β-unsaturated/α-hetero) is 1. The van der Waals surface area contributed by atoms with Gasteiger partial charge in [-0.1, -0.05) is 25.3 Å². The lowest BCUT2D eigenvalue weighted by molar-refractivity contribution is -0.138. The van der Waals surface area contributed by atoms with Gasteiger partial charge in [0.15, 0.2) is 5.78 Å². The molecule has 60 heavy (non-hydrogen) atoms. The van der Waals surface area contributed by atoms with Gasteiger partial charge in [-0.25, -0.2) is 15.0 Å². The Morgan fingerprint density at radius 3 is 1.83 bits per heavy atom. The maximum absolute atomic E-state index is 14.7. The van der Waals surface area contributed by atoms with Crippen molar-refractivity contribution in [3.63, 3.8) is 0 Å². The van der Waals surface area contributed by atoms with Gasteiger partial charge in [0.05, 0.1) is 57.5 Å². The fourth-order valence-corrected chi connectivity index (χ4v) is 7.63. The Labute approximate surface area is 346 Å². The molecular formula is C44H50N8O8. The number of allylic oxidation sites excluding steroid dienone is 9. The van der Waals surface area contributed by atoms with Gasteiger partial charge >= 0.3 is 11.9 Å². The summed E-state index contributed by atoms with van der Waals surface area (Å²) in [7, 11) is 0. The van der Waals surface area contributed by atoms with Crippen molar-refractivity contribution in [3.05, 3.63) is 115 Å². The maximum Gasteiger partial charge on any atom is 0.303 e. The molecule has 2 atom stereocenters. The third-order valence-electron chi connectivity index (χ3n) is 11.0. The first kappa shape index (κ1) is 44.3. The van der Waals surface area contributed by atoms with Crippen LogP contribution >= 0.6 is 0 Å². The molecule has 0 saturated heterocycles. The second-order valence-electron chi connectivity index (χ2n) is 14.9. The third kappa shape index (κ3) is 8.79. The summed E-state index contributed by atoms with van der Waals surface area (Å²) in [5.74, 6) is -4.40. The molecule has 2 amide bonds. The van der Waals surface area contributed by atoms with Crippen LogP contribution in [0.15, 0.2) is 108 Å². The van der Waals surface area contributed by atoms with Crippen molar-refractivity contribution in [1.82, 2.24) is 4.98 Å². The van der Waals surface area contributed by atoms with Gasteiger partial charge < -0.3 is 43.2 Å². The number of primary amides is 2. The molecule has 5 heterocycles. The number of hydrogen-bond acceptors (Lipinski definition) is 11. The number of rotatable bonds is 17. The summed E-state index contributed by atoms with van der Waals surface area (Å²) in [6, 6.07) is -2.40. The number of ketones is 1. The summed E-state index contributed by atoms with van der Waals surface area (Å²) in [6.45, 7) is 15.1. The third-order valence-corrected chi connectivity index (χ3v) is 11.0. The minimum absolute atomic E-state index is 0.00479. The highest BCUT2D eigenvalue weighted by Crippen LogP contribution is 2.42. The second kappa shape index (κ2) is 18.0. The molecule has 16 nitrogen and oxygen atoms in total. The van der Waals surface area contributed by atoms with Crippen molar-refractivity contribution < 1.29 is 39.3 Å². The Morgan fingerprint density at radius 2 is 1.25 bits per heavy atom. The molecule has 4 aliphatic heterocycles. The Hall–Kier alpha value is -6.78. The molecule has 0 radical (unpaired) electrons. The van der Waals surface area contributed by atoms with Gasteiger partial charge in [-0.15, -0.1) is 0 Å². The van der Waals surface area contributed by atoms with Gasteiger partial charge in [-0.2, -0.15) is 0 Å². The molecule has 0 fully saturated rings. The van der Waals surface area contributed by atoms with Crippen LogP contribution in [0.2, 0.25) is 0 Å². The standard InChI is InChI=1S/C44H50N8O8/c1-7-23-19(3)30-17-29-20(4)25(9-15-35(55)56)31(49-29)18-32-26(10-16-36(57)58)22(6)39(51-32)37(43(59)27(45)11-13-33(47)53)42-24(8-2)21(5)40(52-42)38(41(23)50-30)44(60)28(46)12-14-34(48)54/h7-8,17-18,27-28,49,59H,1-2,9-16,45-46H2,3-6H3,(H2,47,53)(H2,48,54)(H,55,56)(H,57,58)/t27-,28-/m0/s1. The summed E-state index contributed by atoms with van der Waals surface area (Å²) >= 11 is 0. The van der Waals surface area contributed by atoms with Gasteiger partial charge in [0.1, 0.15) is 5.76 Å². The van der Waals surface area contributed by atoms with Crippen LogP contribution in [0.5, 0.6) is 0 Å². The summed E-state index contributed by atoms with van der Waals surface area (Å²) in [5.41, 5.74) is 30.8. The van der Waals surface area contributed by atoms with E-state index in [4.69, 9.17) is 37.9 Å². The van der Waals surface area contributed by atoms with Crippen molar-refractivity contribution in [2.45, 2.75) is 91.1 Å². The van der Waals surface area contributed by atoms with E-state index >= 15 is 0 Å². The first-order valence-corrected chi connectivity index (χ1v) is 19.3. The molecule has 16 heteroatoms. The van der Waals surface area contributed by atoms with E-state index in [9.17, 15) is 39.3 Å². The van der Waals surface area contributed by atoms with Gasteiger partial charge in [0, 0.05) is 48.2 Å². The zero-order chi connectivity index (χ0) is 44.3. The van der Waals surface area contributed by atoms with E-state index in [0.717, 1.165) is 0 Å². The lowest BCUT2D eigenvalue weighted by atomic mass is 9.88. The largest absolute Gasteiger partial charge is 0.510 e. The molecule has 5 rings (SSSR count). The highest BCUT2D eigenvalue weighted by atomic mass is 16.4. The number of nitrogens with two attached hydrogens (primary N) is 4. The molecular weight excluding hydrogens is 769 g/mol. The number of H-pyrrole nitrogens is 1. The number of hydrogen-bond donors (Lipinski definition) is 8. The molecule has 4 aliphatic rings. The number of carbonyl (C=O) groups excluding carboxylic acids is 3. The number of aliphatic imine (C=N–C) groups is 3. The number of amides is 2. The van der Waals surface area contributed by atoms with Gasteiger partial charge in [-0.3, -0.25) is 24.0 Å². The number of aromatic amines is 1. The molecule has 12 N–H and O–H groups in total. The number of aliphatic hydroxyl groups excluding tert-OH is 1. The van der Waals surface area contributed by atoms with E-state index in [1.807, 2.05) is 13.8 Å². The summed E-state index contributed by atoms with van der Waals surface area (Å²) < 4.78 is 0. The molecule has 314 valence electrons. The van der Waals surface area contributed by atoms with Crippen LogP contribution in [-0.2, 0) is 30.4 Å². The van der Waals surface area contributed by atoms with Crippen LogP contribution in [0.4, 0.5) is 0 Å². The van der Waals surface area contributed by atoms with Crippen LogP contribution in [-0.4, -0.2) is 79.1 Å².